The second kappa shape index (κ2) is 11.9. The highest BCUT2D eigenvalue weighted by Gasteiger charge is 2.19. The first-order valence-corrected chi connectivity index (χ1v) is 13.4. The lowest BCUT2D eigenvalue weighted by molar-refractivity contribution is -0.116. The Balaban J connectivity index is 1.61. The van der Waals surface area contributed by atoms with Gasteiger partial charge in [0.1, 0.15) is 0 Å². The van der Waals surface area contributed by atoms with Crippen LogP contribution >= 0.6 is 11.6 Å². The highest BCUT2D eigenvalue weighted by atomic mass is 35.5. The van der Waals surface area contributed by atoms with Crippen molar-refractivity contribution < 1.29 is 18.0 Å². The van der Waals surface area contributed by atoms with Crippen molar-refractivity contribution in [2.75, 3.05) is 22.4 Å². The fraction of sp³-hybridized carbons (Fsp3) is 0.231. The molecule has 0 aliphatic heterocycles. The Kier molecular flexibility index (Phi) is 8.89. The van der Waals surface area contributed by atoms with Crippen LogP contribution in [0.1, 0.15) is 41.7 Å². The number of para-hydroxylation sites is 1. The van der Waals surface area contributed by atoms with Crippen LogP contribution in [-0.2, 0) is 14.8 Å². The van der Waals surface area contributed by atoms with Crippen molar-refractivity contribution in [3.05, 3.63) is 95.0 Å². The quantitative estimate of drug-likeness (QED) is 0.398. The lowest BCUT2D eigenvalue weighted by atomic mass is 10.1. The van der Waals surface area contributed by atoms with Crippen LogP contribution in [0.15, 0.2) is 78.9 Å². The van der Waals surface area contributed by atoms with Gasteiger partial charge in [0.15, 0.2) is 0 Å². The van der Waals surface area contributed by atoms with Crippen molar-refractivity contribution in [2.45, 2.75) is 25.8 Å². The fourth-order valence-electron chi connectivity index (χ4n) is 3.58. The van der Waals surface area contributed by atoms with Gasteiger partial charge in [0.2, 0.25) is 15.9 Å². The summed E-state index contributed by atoms with van der Waals surface area (Å²) in [6, 6.07) is 22.6. The summed E-state index contributed by atoms with van der Waals surface area (Å²) in [6.45, 7) is 2.02. The third-order valence-corrected chi connectivity index (χ3v) is 6.82. The molecule has 3 aromatic rings. The smallest absolute Gasteiger partial charge is 0.253 e. The minimum atomic E-state index is -3.53. The molecule has 0 radical (unpaired) electrons. The monoisotopic (exact) mass is 513 g/mol. The van der Waals surface area contributed by atoms with Gasteiger partial charge < -0.3 is 10.6 Å². The van der Waals surface area contributed by atoms with E-state index in [0.29, 0.717) is 28.4 Å². The molecule has 1 atom stereocenters. The van der Waals surface area contributed by atoms with Crippen molar-refractivity contribution in [1.29, 1.82) is 0 Å². The molecule has 2 amide bonds. The number of nitrogens with one attached hydrogen (secondary N) is 2. The maximum Gasteiger partial charge on any atom is 0.253 e. The highest BCUT2D eigenvalue weighted by Crippen LogP contribution is 2.22. The molecule has 0 saturated carbocycles. The minimum Gasteiger partial charge on any atom is -0.345 e. The van der Waals surface area contributed by atoms with Gasteiger partial charge >= 0.3 is 0 Å². The lowest BCUT2D eigenvalue weighted by Crippen LogP contribution is -2.31. The molecule has 0 aromatic heterocycles. The van der Waals surface area contributed by atoms with E-state index in [1.54, 1.807) is 48.5 Å². The fourth-order valence-corrected chi connectivity index (χ4v) is 4.67. The zero-order chi connectivity index (χ0) is 25.4. The maximum absolute atomic E-state index is 12.9. The summed E-state index contributed by atoms with van der Waals surface area (Å²) in [7, 11) is -3.53. The molecule has 0 aliphatic rings. The molecule has 9 heteroatoms. The number of halogens is 1. The molecule has 0 aliphatic carbocycles. The van der Waals surface area contributed by atoms with Crippen LogP contribution < -0.4 is 14.9 Å². The van der Waals surface area contributed by atoms with E-state index >= 15 is 0 Å². The van der Waals surface area contributed by atoms with Gasteiger partial charge in [-0.2, -0.15) is 0 Å². The Hall–Kier alpha value is -3.36. The summed E-state index contributed by atoms with van der Waals surface area (Å²) in [6.07, 6.45) is 1.49. The normalized spacial score (nSPS) is 12.0. The van der Waals surface area contributed by atoms with Gasteiger partial charge in [-0.15, -0.1) is 0 Å². The first-order chi connectivity index (χ1) is 16.6. The van der Waals surface area contributed by atoms with Crippen LogP contribution in [-0.4, -0.2) is 33.0 Å². The van der Waals surface area contributed by atoms with Crippen molar-refractivity contribution in [2.24, 2.45) is 0 Å². The standard InChI is InChI=1S/C26H28ClN3O4S/c1-19(20-9-4-3-5-10-20)28-26(32)23-11-6-7-12-24(23)29-25(31)13-8-18-30(35(2,33)34)22-16-14-21(27)15-17-22/h3-7,9-12,14-17,19H,8,13,18H2,1-2H3,(H,28,32)(H,29,31)/t19-/m0/s1. The molecule has 0 heterocycles. The molecule has 0 fully saturated rings. The van der Waals surface area contributed by atoms with E-state index in [9.17, 15) is 18.0 Å². The molecule has 0 bridgehead atoms. The van der Waals surface area contributed by atoms with E-state index in [2.05, 4.69) is 10.6 Å². The Morgan fingerprint density at radius 3 is 2.23 bits per heavy atom. The third kappa shape index (κ3) is 7.56. The first-order valence-electron chi connectivity index (χ1n) is 11.1. The van der Waals surface area contributed by atoms with E-state index in [-0.39, 0.29) is 30.8 Å². The molecular formula is C26H28ClN3O4S. The van der Waals surface area contributed by atoms with E-state index in [0.717, 1.165) is 11.8 Å². The second-order valence-electron chi connectivity index (χ2n) is 8.11. The number of rotatable bonds is 10. The number of carbonyl (C=O) groups is 2. The van der Waals surface area contributed by atoms with Crippen LogP contribution in [0.5, 0.6) is 0 Å². The molecule has 7 nitrogen and oxygen atoms in total. The summed E-state index contributed by atoms with van der Waals surface area (Å²) < 4.78 is 25.7. The number of anilines is 2. The summed E-state index contributed by atoms with van der Waals surface area (Å²) in [5.74, 6) is -0.617. The van der Waals surface area contributed by atoms with Gasteiger partial charge in [0.05, 0.1) is 29.2 Å². The van der Waals surface area contributed by atoms with E-state index in [4.69, 9.17) is 11.6 Å². The zero-order valence-electron chi connectivity index (χ0n) is 19.6. The molecule has 3 aromatic carbocycles. The molecule has 2 N–H and O–H groups in total. The zero-order valence-corrected chi connectivity index (χ0v) is 21.1. The van der Waals surface area contributed by atoms with Gasteiger partial charge in [-0.3, -0.25) is 13.9 Å². The van der Waals surface area contributed by atoms with Crippen LogP contribution in [0.2, 0.25) is 5.02 Å². The number of sulfonamides is 1. The minimum absolute atomic E-state index is 0.0793. The predicted molar refractivity (Wildman–Crippen MR) is 140 cm³/mol. The molecule has 0 unspecified atom stereocenters. The van der Waals surface area contributed by atoms with E-state index in [1.165, 1.54) is 4.31 Å². The number of amides is 2. The molecule has 3 rings (SSSR count). The van der Waals surface area contributed by atoms with Gasteiger partial charge in [0.25, 0.3) is 5.91 Å². The van der Waals surface area contributed by atoms with Crippen molar-refractivity contribution >= 4 is 44.8 Å². The van der Waals surface area contributed by atoms with Gasteiger partial charge in [-0.25, -0.2) is 8.42 Å². The molecular weight excluding hydrogens is 486 g/mol. The van der Waals surface area contributed by atoms with Crippen molar-refractivity contribution in [1.82, 2.24) is 5.32 Å². The van der Waals surface area contributed by atoms with Gasteiger partial charge in [-0.1, -0.05) is 54.1 Å². The molecule has 0 saturated heterocycles. The number of hydrogen-bond acceptors (Lipinski definition) is 4. The second-order valence-corrected chi connectivity index (χ2v) is 10.5. The third-order valence-electron chi connectivity index (χ3n) is 5.37. The van der Waals surface area contributed by atoms with Crippen molar-refractivity contribution in [3.63, 3.8) is 0 Å². The molecule has 35 heavy (non-hydrogen) atoms. The van der Waals surface area contributed by atoms with Crippen molar-refractivity contribution in [3.8, 4) is 0 Å². The number of carbonyl (C=O) groups excluding carboxylic acids is 2. The Bertz CT molecular complexity index is 1270. The maximum atomic E-state index is 12.9. The van der Waals surface area contributed by atoms with Crippen LogP contribution in [0.4, 0.5) is 11.4 Å². The summed E-state index contributed by atoms with van der Waals surface area (Å²) in [5.41, 5.74) is 2.20. The summed E-state index contributed by atoms with van der Waals surface area (Å²) in [4.78, 5) is 25.5. The average Bonchev–Trinajstić information content (AvgIpc) is 2.82. The average molecular weight is 514 g/mol. The van der Waals surface area contributed by atoms with Gasteiger partial charge in [0, 0.05) is 18.0 Å². The largest absolute Gasteiger partial charge is 0.345 e. The van der Waals surface area contributed by atoms with Gasteiger partial charge in [-0.05, 0) is 55.3 Å². The summed E-state index contributed by atoms with van der Waals surface area (Å²) >= 11 is 5.90. The molecule has 184 valence electrons. The van der Waals surface area contributed by atoms with E-state index < -0.39 is 10.0 Å². The van der Waals surface area contributed by atoms with Crippen LogP contribution in [0, 0.1) is 0 Å². The number of nitrogens with zero attached hydrogens (tertiary/aromatic N) is 1. The summed E-state index contributed by atoms with van der Waals surface area (Å²) in [5, 5.41) is 6.23. The topological polar surface area (TPSA) is 95.6 Å². The SMILES string of the molecule is C[C@H](NC(=O)c1ccccc1NC(=O)CCCN(c1ccc(Cl)cc1)S(C)(=O)=O)c1ccccc1. The Morgan fingerprint density at radius 2 is 1.57 bits per heavy atom. The Labute approximate surface area is 211 Å². The Morgan fingerprint density at radius 1 is 0.943 bits per heavy atom. The first kappa shape index (κ1) is 26.2. The number of benzene rings is 3. The highest BCUT2D eigenvalue weighted by molar-refractivity contribution is 7.92. The van der Waals surface area contributed by atoms with Crippen LogP contribution in [0.25, 0.3) is 0 Å². The molecule has 0 spiro atoms. The lowest BCUT2D eigenvalue weighted by Gasteiger charge is -2.22. The van der Waals surface area contributed by atoms with E-state index in [1.807, 2.05) is 37.3 Å². The predicted octanol–water partition coefficient (Wildman–Crippen LogP) is 5.02. The number of hydrogen-bond donors (Lipinski definition) is 2. The van der Waals surface area contributed by atoms with Crippen LogP contribution in [0.3, 0.4) is 0 Å².